The summed E-state index contributed by atoms with van der Waals surface area (Å²) in [4.78, 5) is 14.0. The Bertz CT molecular complexity index is 637. The second-order valence-electron chi connectivity index (χ2n) is 5.42. The van der Waals surface area contributed by atoms with E-state index in [-0.39, 0.29) is 5.97 Å². The van der Waals surface area contributed by atoms with Crippen LogP contribution in [0.2, 0.25) is 0 Å². The van der Waals surface area contributed by atoms with Gasteiger partial charge in [-0.15, -0.1) is 0 Å². The molecule has 2 aromatic carbocycles. The van der Waals surface area contributed by atoms with E-state index in [1.807, 2.05) is 18.2 Å². The molecule has 1 aliphatic heterocycles. The van der Waals surface area contributed by atoms with E-state index in [1.165, 1.54) is 23.8 Å². The Labute approximate surface area is 125 Å². The predicted molar refractivity (Wildman–Crippen MR) is 82.0 cm³/mol. The minimum Gasteiger partial charge on any atom is -0.465 e. The fourth-order valence-electron chi connectivity index (χ4n) is 2.83. The number of carbonyl (C=O) groups excluding carboxylic acids is 1. The topological polar surface area (TPSA) is 29.5 Å². The molecular formula is C18H19NO2. The first-order valence-electron chi connectivity index (χ1n) is 7.22. The van der Waals surface area contributed by atoms with E-state index < -0.39 is 0 Å². The zero-order chi connectivity index (χ0) is 14.7. The van der Waals surface area contributed by atoms with Crippen LogP contribution in [0.15, 0.2) is 48.5 Å². The van der Waals surface area contributed by atoms with Gasteiger partial charge in [0.2, 0.25) is 0 Å². The van der Waals surface area contributed by atoms with Gasteiger partial charge in [-0.25, -0.2) is 4.79 Å². The van der Waals surface area contributed by atoms with Crippen LogP contribution in [0.5, 0.6) is 0 Å². The summed E-state index contributed by atoms with van der Waals surface area (Å²) in [6, 6.07) is 16.4. The predicted octanol–water partition coefficient (Wildman–Crippen LogP) is 3.03. The lowest BCUT2D eigenvalue weighted by Gasteiger charge is -2.29. The Morgan fingerprint density at radius 3 is 2.71 bits per heavy atom. The third-order valence-corrected chi connectivity index (χ3v) is 3.97. The average Bonchev–Trinajstić information content (AvgIpc) is 2.54. The number of rotatable bonds is 3. The quantitative estimate of drug-likeness (QED) is 0.810. The third kappa shape index (κ3) is 3.14. The maximum absolute atomic E-state index is 11.6. The molecule has 1 heterocycles. The fourth-order valence-corrected chi connectivity index (χ4v) is 2.83. The van der Waals surface area contributed by atoms with Crippen molar-refractivity contribution in [2.24, 2.45) is 0 Å². The summed E-state index contributed by atoms with van der Waals surface area (Å²) in [6.45, 7) is 2.93. The number of esters is 1. The van der Waals surface area contributed by atoms with Gasteiger partial charge in [-0.3, -0.25) is 4.90 Å². The molecule has 3 nitrogen and oxygen atoms in total. The largest absolute Gasteiger partial charge is 0.465 e. The first-order valence-corrected chi connectivity index (χ1v) is 7.22. The van der Waals surface area contributed by atoms with E-state index in [2.05, 4.69) is 35.2 Å². The van der Waals surface area contributed by atoms with Crippen molar-refractivity contribution in [3.8, 4) is 0 Å². The molecule has 0 fully saturated rings. The first kappa shape index (κ1) is 13.8. The van der Waals surface area contributed by atoms with Crippen molar-refractivity contribution in [3.05, 3.63) is 70.8 Å². The molecule has 0 atom stereocenters. The van der Waals surface area contributed by atoms with Crippen LogP contribution in [0, 0.1) is 0 Å². The van der Waals surface area contributed by atoms with E-state index in [0.29, 0.717) is 5.56 Å². The number of benzene rings is 2. The highest BCUT2D eigenvalue weighted by Crippen LogP contribution is 2.22. The molecule has 2 aromatic rings. The smallest absolute Gasteiger partial charge is 0.337 e. The van der Waals surface area contributed by atoms with Crippen molar-refractivity contribution in [1.82, 2.24) is 4.90 Å². The van der Waals surface area contributed by atoms with Crippen LogP contribution >= 0.6 is 0 Å². The van der Waals surface area contributed by atoms with Crippen LogP contribution in [0.4, 0.5) is 0 Å². The number of fused-ring (bicyclic) bond motifs is 1. The maximum atomic E-state index is 11.6. The van der Waals surface area contributed by atoms with Crippen molar-refractivity contribution < 1.29 is 9.53 Å². The monoisotopic (exact) mass is 281 g/mol. The molecule has 0 bridgehead atoms. The Hall–Kier alpha value is -2.13. The van der Waals surface area contributed by atoms with E-state index in [1.54, 1.807) is 0 Å². The van der Waals surface area contributed by atoms with E-state index in [4.69, 9.17) is 4.74 Å². The SMILES string of the molecule is COC(=O)c1ccc2c(c1)CCN(Cc1ccccc1)C2. The van der Waals surface area contributed by atoms with Crippen molar-refractivity contribution in [2.45, 2.75) is 19.5 Å². The van der Waals surface area contributed by atoms with Gasteiger partial charge in [0, 0.05) is 19.6 Å². The Morgan fingerprint density at radius 2 is 1.95 bits per heavy atom. The minimum atomic E-state index is -0.260. The number of nitrogens with zero attached hydrogens (tertiary/aromatic N) is 1. The van der Waals surface area contributed by atoms with Crippen LogP contribution in [0.1, 0.15) is 27.0 Å². The molecule has 0 amide bonds. The normalized spacial score (nSPS) is 14.5. The lowest BCUT2D eigenvalue weighted by molar-refractivity contribution is 0.0600. The van der Waals surface area contributed by atoms with Crippen molar-refractivity contribution in [2.75, 3.05) is 13.7 Å². The van der Waals surface area contributed by atoms with Crippen molar-refractivity contribution in [3.63, 3.8) is 0 Å². The minimum absolute atomic E-state index is 0.260. The van der Waals surface area contributed by atoms with Crippen LogP contribution in [0.3, 0.4) is 0 Å². The number of ether oxygens (including phenoxy) is 1. The van der Waals surface area contributed by atoms with Crippen LogP contribution < -0.4 is 0 Å². The van der Waals surface area contributed by atoms with Crippen LogP contribution in [0.25, 0.3) is 0 Å². The van der Waals surface area contributed by atoms with Crippen LogP contribution in [-0.4, -0.2) is 24.5 Å². The lowest BCUT2D eigenvalue weighted by atomic mass is 9.97. The summed E-state index contributed by atoms with van der Waals surface area (Å²) in [5.41, 5.74) is 4.56. The highest BCUT2D eigenvalue weighted by molar-refractivity contribution is 5.89. The molecule has 0 saturated carbocycles. The third-order valence-electron chi connectivity index (χ3n) is 3.97. The molecule has 0 saturated heterocycles. The summed E-state index contributed by atoms with van der Waals surface area (Å²) >= 11 is 0. The number of methoxy groups -OCH3 is 1. The first-order chi connectivity index (χ1) is 10.3. The Balaban J connectivity index is 1.73. The average molecular weight is 281 g/mol. The summed E-state index contributed by atoms with van der Waals surface area (Å²) in [5.74, 6) is -0.260. The van der Waals surface area contributed by atoms with Crippen molar-refractivity contribution in [1.29, 1.82) is 0 Å². The molecule has 0 aliphatic carbocycles. The van der Waals surface area contributed by atoms with E-state index in [0.717, 1.165) is 26.1 Å². The summed E-state index contributed by atoms with van der Waals surface area (Å²) < 4.78 is 4.78. The molecule has 21 heavy (non-hydrogen) atoms. The molecule has 1 aliphatic rings. The second kappa shape index (κ2) is 6.10. The van der Waals surface area contributed by atoms with Gasteiger partial charge < -0.3 is 4.74 Å². The summed E-state index contributed by atoms with van der Waals surface area (Å²) in [7, 11) is 1.42. The maximum Gasteiger partial charge on any atom is 0.337 e. The van der Waals surface area contributed by atoms with E-state index >= 15 is 0 Å². The summed E-state index contributed by atoms with van der Waals surface area (Å²) in [6.07, 6.45) is 0.979. The van der Waals surface area contributed by atoms with Gasteiger partial charge in [-0.05, 0) is 35.2 Å². The van der Waals surface area contributed by atoms with Gasteiger partial charge in [-0.2, -0.15) is 0 Å². The molecule has 0 N–H and O–H groups in total. The highest BCUT2D eigenvalue weighted by atomic mass is 16.5. The second-order valence-corrected chi connectivity index (χ2v) is 5.42. The van der Waals surface area contributed by atoms with Gasteiger partial charge in [0.25, 0.3) is 0 Å². The lowest BCUT2D eigenvalue weighted by Crippen LogP contribution is -2.30. The number of hydrogen-bond acceptors (Lipinski definition) is 3. The van der Waals surface area contributed by atoms with Crippen molar-refractivity contribution >= 4 is 5.97 Å². The molecule has 3 rings (SSSR count). The van der Waals surface area contributed by atoms with E-state index in [9.17, 15) is 4.79 Å². The zero-order valence-electron chi connectivity index (χ0n) is 12.2. The number of hydrogen-bond donors (Lipinski definition) is 0. The molecular weight excluding hydrogens is 262 g/mol. The van der Waals surface area contributed by atoms with Gasteiger partial charge in [-0.1, -0.05) is 36.4 Å². The zero-order valence-corrected chi connectivity index (χ0v) is 12.2. The summed E-state index contributed by atoms with van der Waals surface area (Å²) in [5, 5.41) is 0. The molecule has 3 heteroatoms. The standard InChI is InChI=1S/C18H19NO2/c1-21-18(20)16-7-8-17-13-19(10-9-15(17)11-16)12-14-5-3-2-4-6-14/h2-8,11H,9-10,12-13H2,1H3. The highest BCUT2D eigenvalue weighted by Gasteiger charge is 2.18. The van der Waals surface area contributed by atoms with Gasteiger partial charge in [0.05, 0.1) is 12.7 Å². The van der Waals surface area contributed by atoms with Gasteiger partial charge in [0.1, 0.15) is 0 Å². The van der Waals surface area contributed by atoms with Gasteiger partial charge >= 0.3 is 5.97 Å². The van der Waals surface area contributed by atoms with Gasteiger partial charge in [0.15, 0.2) is 0 Å². The Kier molecular flexibility index (Phi) is 4.02. The molecule has 0 spiro atoms. The molecule has 108 valence electrons. The molecule has 0 unspecified atom stereocenters. The molecule has 0 aromatic heterocycles. The Morgan fingerprint density at radius 1 is 1.14 bits per heavy atom. The molecule has 0 radical (unpaired) electrons. The van der Waals surface area contributed by atoms with Crippen LogP contribution in [-0.2, 0) is 24.2 Å². The number of carbonyl (C=O) groups is 1. The fraction of sp³-hybridized carbons (Fsp3) is 0.278.